The highest BCUT2D eigenvalue weighted by atomic mass is 16.5. The van der Waals surface area contributed by atoms with Crippen molar-refractivity contribution in [1.82, 2.24) is 10.2 Å². The Bertz CT molecular complexity index is 490. The van der Waals surface area contributed by atoms with Crippen LogP contribution in [0.2, 0.25) is 0 Å². The molecule has 5 nitrogen and oxygen atoms in total. The molecule has 1 saturated heterocycles. The van der Waals surface area contributed by atoms with Crippen LogP contribution < -0.4 is 10.1 Å². The third-order valence-electron chi connectivity index (χ3n) is 4.77. The number of hydrogen-bond donors (Lipinski definition) is 2. The van der Waals surface area contributed by atoms with Crippen LogP contribution in [-0.2, 0) is 6.54 Å². The molecule has 1 aliphatic rings. The number of rotatable bonds is 5. The zero-order chi connectivity index (χ0) is 16.0. The van der Waals surface area contributed by atoms with Gasteiger partial charge in [-0.1, -0.05) is 19.1 Å². The van der Waals surface area contributed by atoms with Gasteiger partial charge < -0.3 is 20.1 Å². The lowest BCUT2D eigenvalue weighted by molar-refractivity contribution is 0.0519. The summed E-state index contributed by atoms with van der Waals surface area (Å²) in [7, 11) is 1.63. The van der Waals surface area contributed by atoms with E-state index in [1.807, 2.05) is 29.2 Å². The Hall–Kier alpha value is -1.75. The van der Waals surface area contributed by atoms with Crippen LogP contribution in [0.5, 0.6) is 5.75 Å². The lowest BCUT2D eigenvalue weighted by Crippen LogP contribution is -2.48. The number of nitrogens with zero attached hydrogens (tertiary/aromatic N) is 1. The minimum absolute atomic E-state index is 0.00355. The molecule has 0 aromatic heterocycles. The molecule has 5 heteroatoms. The largest absolute Gasteiger partial charge is 0.497 e. The highest BCUT2D eigenvalue weighted by Gasteiger charge is 2.33. The Balaban J connectivity index is 1.83. The monoisotopic (exact) mass is 306 g/mol. The van der Waals surface area contributed by atoms with Gasteiger partial charge in [0.15, 0.2) is 0 Å². The van der Waals surface area contributed by atoms with E-state index in [0.29, 0.717) is 19.6 Å². The number of nitrogens with one attached hydrogen (secondary N) is 1. The zero-order valence-corrected chi connectivity index (χ0v) is 13.5. The highest BCUT2D eigenvalue weighted by molar-refractivity contribution is 5.74. The molecule has 1 heterocycles. The van der Waals surface area contributed by atoms with E-state index in [4.69, 9.17) is 4.74 Å². The van der Waals surface area contributed by atoms with Crippen LogP contribution >= 0.6 is 0 Å². The second-order valence-electron chi connectivity index (χ2n) is 6.01. The van der Waals surface area contributed by atoms with E-state index in [2.05, 4.69) is 12.2 Å². The second kappa shape index (κ2) is 7.49. The fraction of sp³-hybridized carbons (Fsp3) is 0.588. The van der Waals surface area contributed by atoms with E-state index in [-0.39, 0.29) is 18.1 Å². The van der Waals surface area contributed by atoms with Gasteiger partial charge in [0.2, 0.25) is 0 Å². The van der Waals surface area contributed by atoms with Crippen LogP contribution in [0.4, 0.5) is 4.79 Å². The molecule has 1 aliphatic heterocycles. The smallest absolute Gasteiger partial charge is 0.317 e. The average Bonchev–Trinajstić information content (AvgIpc) is 2.60. The average molecular weight is 306 g/mol. The summed E-state index contributed by atoms with van der Waals surface area (Å²) in [6.45, 7) is 4.22. The Kier molecular flexibility index (Phi) is 5.66. The van der Waals surface area contributed by atoms with Crippen molar-refractivity contribution in [3.8, 4) is 5.75 Å². The molecule has 122 valence electrons. The van der Waals surface area contributed by atoms with E-state index < -0.39 is 0 Å². The Morgan fingerprint density at radius 2 is 2.14 bits per heavy atom. The molecule has 0 unspecified atom stereocenters. The molecule has 0 atom stereocenters. The summed E-state index contributed by atoms with van der Waals surface area (Å²) in [5.74, 6) is 0.792. The molecule has 2 N–H and O–H groups in total. The van der Waals surface area contributed by atoms with Gasteiger partial charge in [0.05, 0.1) is 7.11 Å². The molecule has 0 spiro atoms. The third kappa shape index (κ3) is 3.91. The van der Waals surface area contributed by atoms with Crippen LogP contribution in [0.25, 0.3) is 0 Å². The summed E-state index contributed by atoms with van der Waals surface area (Å²) in [5, 5.41) is 12.5. The number of aliphatic hydroxyl groups is 1. The van der Waals surface area contributed by atoms with E-state index in [0.717, 1.165) is 30.6 Å². The van der Waals surface area contributed by atoms with Gasteiger partial charge in [-0.05, 0) is 42.4 Å². The first kappa shape index (κ1) is 16.6. The molecule has 0 aliphatic carbocycles. The van der Waals surface area contributed by atoms with Gasteiger partial charge in [-0.3, -0.25) is 0 Å². The lowest BCUT2D eigenvalue weighted by Gasteiger charge is -2.40. The van der Waals surface area contributed by atoms with Crippen molar-refractivity contribution in [3.63, 3.8) is 0 Å². The van der Waals surface area contributed by atoms with Crippen molar-refractivity contribution >= 4 is 6.03 Å². The summed E-state index contributed by atoms with van der Waals surface area (Å²) in [6, 6.07) is 7.65. The zero-order valence-electron chi connectivity index (χ0n) is 13.5. The summed E-state index contributed by atoms with van der Waals surface area (Å²) in [4.78, 5) is 14.1. The van der Waals surface area contributed by atoms with Crippen molar-refractivity contribution in [2.24, 2.45) is 5.41 Å². The number of piperidine rings is 1. The summed E-state index contributed by atoms with van der Waals surface area (Å²) < 4.78 is 5.18. The number of carbonyl (C=O) groups excluding carboxylic acids is 1. The summed E-state index contributed by atoms with van der Waals surface area (Å²) in [6.07, 6.45) is 2.70. The molecule has 1 aromatic rings. The van der Waals surface area contributed by atoms with Crippen molar-refractivity contribution in [3.05, 3.63) is 29.8 Å². The molecule has 1 aromatic carbocycles. The standard InChI is InChI=1S/C17H26N2O3/c1-3-17(13-20)7-9-19(10-8-17)16(21)18-12-14-5-4-6-15(11-14)22-2/h4-6,11,20H,3,7-10,12-13H2,1-2H3,(H,18,21). The number of hydrogen-bond acceptors (Lipinski definition) is 3. The van der Waals surface area contributed by atoms with Crippen molar-refractivity contribution < 1.29 is 14.6 Å². The second-order valence-corrected chi connectivity index (χ2v) is 6.01. The number of likely N-dealkylation sites (tertiary alicyclic amines) is 1. The van der Waals surface area contributed by atoms with E-state index in [9.17, 15) is 9.90 Å². The van der Waals surface area contributed by atoms with Gasteiger partial charge in [-0.15, -0.1) is 0 Å². The number of methoxy groups -OCH3 is 1. The molecule has 2 rings (SSSR count). The van der Waals surface area contributed by atoms with Crippen LogP contribution in [0, 0.1) is 5.41 Å². The minimum atomic E-state index is -0.0366. The molecule has 0 radical (unpaired) electrons. The quantitative estimate of drug-likeness (QED) is 0.878. The summed E-state index contributed by atoms with van der Waals surface area (Å²) in [5.41, 5.74) is 1.02. The van der Waals surface area contributed by atoms with Crippen LogP contribution in [-0.4, -0.2) is 42.8 Å². The van der Waals surface area contributed by atoms with Crippen molar-refractivity contribution in [2.45, 2.75) is 32.7 Å². The first-order valence-electron chi connectivity index (χ1n) is 7.89. The maximum Gasteiger partial charge on any atom is 0.317 e. The summed E-state index contributed by atoms with van der Waals surface area (Å²) >= 11 is 0. The van der Waals surface area contributed by atoms with Gasteiger partial charge >= 0.3 is 6.03 Å². The molecule has 0 bridgehead atoms. The Labute approximate surface area is 132 Å². The van der Waals surface area contributed by atoms with Gasteiger partial charge in [0, 0.05) is 26.2 Å². The molecule has 22 heavy (non-hydrogen) atoms. The maximum atomic E-state index is 12.2. The van der Waals surface area contributed by atoms with Crippen LogP contribution in [0.1, 0.15) is 31.7 Å². The molecule has 2 amide bonds. The van der Waals surface area contributed by atoms with Gasteiger partial charge in [0.1, 0.15) is 5.75 Å². The van der Waals surface area contributed by atoms with Gasteiger partial charge in [0.25, 0.3) is 0 Å². The molecule has 1 fully saturated rings. The molecule has 0 saturated carbocycles. The van der Waals surface area contributed by atoms with Gasteiger partial charge in [-0.25, -0.2) is 4.79 Å². The Morgan fingerprint density at radius 1 is 1.41 bits per heavy atom. The predicted molar refractivity (Wildman–Crippen MR) is 85.8 cm³/mol. The predicted octanol–water partition coefficient (Wildman–Crippen LogP) is 2.39. The maximum absolute atomic E-state index is 12.2. The highest BCUT2D eigenvalue weighted by Crippen LogP contribution is 2.34. The van der Waals surface area contributed by atoms with E-state index in [1.54, 1.807) is 7.11 Å². The van der Waals surface area contributed by atoms with Crippen LogP contribution in [0.3, 0.4) is 0 Å². The Morgan fingerprint density at radius 3 is 2.73 bits per heavy atom. The number of aliphatic hydroxyl groups excluding tert-OH is 1. The number of urea groups is 1. The number of carbonyl (C=O) groups is 1. The van der Waals surface area contributed by atoms with Gasteiger partial charge in [-0.2, -0.15) is 0 Å². The normalized spacial score (nSPS) is 17.1. The third-order valence-corrected chi connectivity index (χ3v) is 4.77. The lowest BCUT2D eigenvalue weighted by atomic mass is 9.77. The molecular weight excluding hydrogens is 280 g/mol. The molecular formula is C17H26N2O3. The SMILES string of the molecule is CCC1(CO)CCN(C(=O)NCc2cccc(OC)c2)CC1. The van der Waals surface area contributed by atoms with Crippen molar-refractivity contribution in [2.75, 3.05) is 26.8 Å². The van der Waals surface area contributed by atoms with Crippen molar-refractivity contribution in [1.29, 1.82) is 0 Å². The number of ether oxygens (including phenoxy) is 1. The minimum Gasteiger partial charge on any atom is -0.497 e. The first-order valence-corrected chi connectivity index (χ1v) is 7.89. The first-order chi connectivity index (χ1) is 10.6. The number of amides is 2. The van der Waals surface area contributed by atoms with E-state index in [1.165, 1.54) is 0 Å². The number of benzene rings is 1. The fourth-order valence-corrected chi connectivity index (χ4v) is 2.88. The van der Waals surface area contributed by atoms with E-state index >= 15 is 0 Å². The van der Waals surface area contributed by atoms with Crippen LogP contribution in [0.15, 0.2) is 24.3 Å². The fourth-order valence-electron chi connectivity index (χ4n) is 2.88. The topological polar surface area (TPSA) is 61.8 Å².